The fourth-order valence-electron chi connectivity index (χ4n) is 1.43. The summed E-state index contributed by atoms with van der Waals surface area (Å²) in [6.07, 6.45) is 6.57. The summed E-state index contributed by atoms with van der Waals surface area (Å²) >= 11 is 0. The maximum Gasteiger partial charge on any atom is 0.202 e. The Morgan fingerprint density at radius 3 is 2.80 bits per heavy atom. The molecule has 0 aliphatic carbocycles. The Hall–Kier alpha value is -1.78. The molecule has 0 aliphatic heterocycles. The third-order valence-corrected chi connectivity index (χ3v) is 2.25. The zero-order valence-electron chi connectivity index (χ0n) is 9.01. The van der Waals surface area contributed by atoms with Gasteiger partial charge in [-0.2, -0.15) is 5.10 Å². The lowest BCUT2D eigenvalue weighted by Gasteiger charge is -2.03. The van der Waals surface area contributed by atoms with Gasteiger partial charge in [-0.05, 0) is 6.07 Å². The number of hydrogen-bond donors (Lipinski definition) is 1. The van der Waals surface area contributed by atoms with Crippen LogP contribution in [-0.2, 0) is 20.5 Å². The van der Waals surface area contributed by atoms with Crippen LogP contribution in [0.2, 0.25) is 0 Å². The molecule has 0 saturated carbocycles. The van der Waals surface area contributed by atoms with E-state index >= 15 is 0 Å². The van der Waals surface area contributed by atoms with Gasteiger partial charge in [0.25, 0.3) is 0 Å². The van der Waals surface area contributed by atoms with Gasteiger partial charge in [0, 0.05) is 45.7 Å². The fourth-order valence-corrected chi connectivity index (χ4v) is 1.43. The molecule has 2 aromatic heterocycles. The SMILES string of the molecule is Cn1ccc(CCNc2nccn2C)n1. The Morgan fingerprint density at radius 2 is 2.20 bits per heavy atom. The van der Waals surface area contributed by atoms with E-state index in [1.807, 2.05) is 41.8 Å². The first-order chi connectivity index (χ1) is 7.25. The number of rotatable bonds is 4. The lowest BCUT2D eigenvalue weighted by molar-refractivity contribution is 0.741. The summed E-state index contributed by atoms with van der Waals surface area (Å²) < 4.78 is 3.77. The van der Waals surface area contributed by atoms with Gasteiger partial charge in [-0.1, -0.05) is 0 Å². The molecule has 2 rings (SSSR count). The van der Waals surface area contributed by atoms with Crippen LogP contribution in [0.25, 0.3) is 0 Å². The number of nitrogens with zero attached hydrogens (tertiary/aromatic N) is 4. The molecule has 0 amide bonds. The quantitative estimate of drug-likeness (QED) is 0.803. The van der Waals surface area contributed by atoms with Gasteiger partial charge in [0.2, 0.25) is 5.95 Å². The highest BCUT2D eigenvalue weighted by Gasteiger charge is 1.99. The van der Waals surface area contributed by atoms with Crippen molar-refractivity contribution in [3.63, 3.8) is 0 Å². The van der Waals surface area contributed by atoms with Gasteiger partial charge >= 0.3 is 0 Å². The molecule has 0 bridgehead atoms. The number of anilines is 1. The average Bonchev–Trinajstić information content (AvgIpc) is 2.77. The molecule has 0 fully saturated rings. The van der Waals surface area contributed by atoms with Crippen molar-refractivity contribution in [2.45, 2.75) is 6.42 Å². The van der Waals surface area contributed by atoms with Gasteiger partial charge in [-0.15, -0.1) is 0 Å². The molecule has 0 aliphatic rings. The molecule has 5 nitrogen and oxygen atoms in total. The lowest BCUT2D eigenvalue weighted by Crippen LogP contribution is -2.09. The van der Waals surface area contributed by atoms with Crippen LogP contribution in [-0.4, -0.2) is 25.9 Å². The summed E-state index contributed by atoms with van der Waals surface area (Å²) in [5, 5.41) is 7.55. The highest BCUT2D eigenvalue weighted by atomic mass is 15.2. The van der Waals surface area contributed by atoms with Gasteiger partial charge in [0.05, 0.1) is 5.69 Å². The maximum atomic E-state index is 4.30. The van der Waals surface area contributed by atoms with E-state index in [0.717, 1.165) is 24.6 Å². The highest BCUT2D eigenvalue weighted by Crippen LogP contribution is 2.01. The van der Waals surface area contributed by atoms with Crippen LogP contribution in [0.1, 0.15) is 5.69 Å². The molecule has 0 unspecified atom stereocenters. The molecule has 2 heterocycles. The number of aromatic nitrogens is 4. The second kappa shape index (κ2) is 4.16. The number of hydrogen-bond acceptors (Lipinski definition) is 3. The second-order valence-corrected chi connectivity index (χ2v) is 3.52. The van der Waals surface area contributed by atoms with Crippen molar-refractivity contribution in [2.24, 2.45) is 14.1 Å². The molecule has 0 spiro atoms. The van der Waals surface area contributed by atoms with Crippen LogP contribution in [0.15, 0.2) is 24.7 Å². The van der Waals surface area contributed by atoms with Crippen LogP contribution in [0.4, 0.5) is 5.95 Å². The standard InChI is InChI=1S/C10H15N5/c1-14-8-6-12-10(14)11-5-3-9-4-7-15(2)13-9/h4,6-8H,3,5H2,1-2H3,(H,11,12). The fraction of sp³-hybridized carbons (Fsp3) is 0.400. The Bertz CT molecular complexity index is 428. The predicted octanol–water partition coefficient (Wildman–Crippen LogP) is 0.808. The largest absolute Gasteiger partial charge is 0.355 e. The first-order valence-corrected chi connectivity index (χ1v) is 4.95. The van der Waals surface area contributed by atoms with Crippen molar-refractivity contribution in [3.05, 3.63) is 30.4 Å². The van der Waals surface area contributed by atoms with Gasteiger partial charge < -0.3 is 9.88 Å². The van der Waals surface area contributed by atoms with Crippen LogP contribution >= 0.6 is 0 Å². The molecule has 1 N–H and O–H groups in total. The molecule has 5 heteroatoms. The highest BCUT2D eigenvalue weighted by molar-refractivity contribution is 5.25. The maximum absolute atomic E-state index is 4.30. The van der Waals surface area contributed by atoms with E-state index in [4.69, 9.17) is 0 Å². The van der Waals surface area contributed by atoms with Gasteiger partial charge in [0.1, 0.15) is 0 Å². The minimum absolute atomic E-state index is 0.849. The van der Waals surface area contributed by atoms with Gasteiger partial charge in [-0.3, -0.25) is 4.68 Å². The summed E-state index contributed by atoms with van der Waals surface area (Å²) in [5.41, 5.74) is 1.10. The van der Waals surface area contributed by atoms with Crippen LogP contribution in [0.3, 0.4) is 0 Å². The van der Waals surface area contributed by atoms with E-state index in [1.165, 1.54) is 0 Å². The third kappa shape index (κ3) is 2.37. The van der Waals surface area contributed by atoms with Crippen LogP contribution in [0, 0.1) is 0 Å². The summed E-state index contributed by atoms with van der Waals surface area (Å²) in [6, 6.07) is 2.03. The number of nitrogens with one attached hydrogen (secondary N) is 1. The lowest BCUT2D eigenvalue weighted by atomic mass is 10.3. The predicted molar refractivity (Wildman–Crippen MR) is 58.6 cm³/mol. The molecule has 80 valence electrons. The Morgan fingerprint density at radius 1 is 1.33 bits per heavy atom. The second-order valence-electron chi connectivity index (χ2n) is 3.52. The zero-order valence-corrected chi connectivity index (χ0v) is 9.01. The Balaban J connectivity index is 1.83. The zero-order chi connectivity index (χ0) is 10.7. The summed E-state index contributed by atoms with van der Waals surface area (Å²) in [7, 11) is 3.89. The normalized spacial score (nSPS) is 10.5. The molecule has 0 aromatic carbocycles. The summed E-state index contributed by atoms with van der Waals surface area (Å²) in [4.78, 5) is 4.18. The van der Waals surface area contributed by atoms with E-state index < -0.39 is 0 Å². The van der Waals surface area contributed by atoms with Crippen molar-refractivity contribution in [1.29, 1.82) is 0 Å². The van der Waals surface area contributed by atoms with Crippen molar-refractivity contribution in [3.8, 4) is 0 Å². The van der Waals surface area contributed by atoms with Gasteiger partial charge in [-0.25, -0.2) is 4.98 Å². The smallest absolute Gasteiger partial charge is 0.202 e. The minimum atomic E-state index is 0.849. The first-order valence-electron chi connectivity index (χ1n) is 4.95. The third-order valence-electron chi connectivity index (χ3n) is 2.25. The minimum Gasteiger partial charge on any atom is -0.355 e. The first kappa shape index (κ1) is 9.76. The van der Waals surface area contributed by atoms with Crippen molar-refractivity contribution in [1.82, 2.24) is 19.3 Å². The summed E-state index contributed by atoms with van der Waals surface area (Å²) in [5.74, 6) is 0.894. The topological polar surface area (TPSA) is 47.7 Å². The van der Waals surface area contributed by atoms with Crippen molar-refractivity contribution >= 4 is 5.95 Å². The Kier molecular flexibility index (Phi) is 2.71. The van der Waals surface area contributed by atoms with E-state index in [1.54, 1.807) is 6.20 Å². The average molecular weight is 205 g/mol. The monoisotopic (exact) mass is 205 g/mol. The number of aryl methyl sites for hydroxylation is 2. The van der Waals surface area contributed by atoms with E-state index in [0.29, 0.717) is 0 Å². The van der Waals surface area contributed by atoms with E-state index in [-0.39, 0.29) is 0 Å². The van der Waals surface area contributed by atoms with Crippen molar-refractivity contribution < 1.29 is 0 Å². The number of imidazole rings is 1. The van der Waals surface area contributed by atoms with Crippen LogP contribution < -0.4 is 5.32 Å². The molecular weight excluding hydrogens is 190 g/mol. The molecule has 0 saturated heterocycles. The molecular formula is C10H15N5. The Labute approximate surface area is 88.7 Å². The molecule has 0 radical (unpaired) electrons. The summed E-state index contributed by atoms with van der Waals surface area (Å²) in [6.45, 7) is 0.849. The molecule has 15 heavy (non-hydrogen) atoms. The van der Waals surface area contributed by atoms with E-state index in [9.17, 15) is 0 Å². The molecule has 2 aromatic rings. The van der Waals surface area contributed by atoms with Crippen LogP contribution in [0.5, 0.6) is 0 Å². The molecule has 0 atom stereocenters. The van der Waals surface area contributed by atoms with Crippen molar-refractivity contribution in [2.75, 3.05) is 11.9 Å². The van der Waals surface area contributed by atoms with Gasteiger partial charge in [0.15, 0.2) is 0 Å². The van der Waals surface area contributed by atoms with E-state index in [2.05, 4.69) is 15.4 Å².